The van der Waals surface area contributed by atoms with Crippen molar-refractivity contribution >= 4 is 5.91 Å². The molecule has 0 radical (unpaired) electrons. The van der Waals surface area contributed by atoms with E-state index >= 15 is 0 Å². The summed E-state index contributed by atoms with van der Waals surface area (Å²) in [6.45, 7) is 1.23. The van der Waals surface area contributed by atoms with Crippen LogP contribution in [0.1, 0.15) is 17.7 Å². The molecule has 0 unspecified atom stereocenters. The van der Waals surface area contributed by atoms with Gasteiger partial charge in [0, 0.05) is 43.9 Å². The van der Waals surface area contributed by atoms with Gasteiger partial charge in [-0.1, -0.05) is 5.21 Å². The fourth-order valence-corrected chi connectivity index (χ4v) is 3.55. The van der Waals surface area contributed by atoms with Crippen LogP contribution in [0, 0.1) is 17.5 Å². The first-order chi connectivity index (χ1) is 14.3. The monoisotopic (exact) mass is 419 g/mol. The van der Waals surface area contributed by atoms with E-state index in [1.165, 1.54) is 0 Å². The van der Waals surface area contributed by atoms with Crippen LogP contribution in [0.2, 0.25) is 0 Å². The van der Waals surface area contributed by atoms with Crippen molar-refractivity contribution in [2.24, 2.45) is 12.8 Å². The second-order valence-electron chi connectivity index (χ2n) is 7.35. The highest BCUT2D eigenvalue weighted by Gasteiger charge is 2.27. The Balaban J connectivity index is 1.43. The number of carbonyl (C=O) groups excluding carboxylic acids is 1. The van der Waals surface area contributed by atoms with Gasteiger partial charge in [0.2, 0.25) is 5.91 Å². The predicted octanol–water partition coefficient (Wildman–Crippen LogP) is 1.40. The molecule has 0 saturated carbocycles. The summed E-state index contributed by atoms with van der Waals surface area (Å²) < 4.78 is 43.7. The minimum atomic E-state index is -1.26. The highest BCUT2D eigenvalue weighted by Crippen LogP contribution is 2.25. The van der Waals surface area contributed by atoms with Crippen LogP contribution < -0.4 is 5.73 Å². The van der Waals surface area contributed by atoms with E-state index in [1.54, 1.807) is 27.5 Å². The molecule has 3 heterocycles. The number of halogens is 3. The number of hydrogen-bond donors (Lipinski definition) is 1. The molecule has 1 amide bonds. The maximum atomic E-state index is 13.8. The van der Waals surface area contributed by atoms with E-state index in [0.29, 0.717) is 31.4 Å². The molecule has 1 atom stereocenters. The number of rotatable bonds is 5. The smallest absolute Gasteiger partial charge is 0.224 e. The van der Waals surface area contributed by atoms with Crippen LogP contribution in [0.5, 0.6) is 0 Å². The number of nitrogens with zero attached hydrogens (tertiary/aromatic N) is 6. The fourth-order valence-electron chi connectivity index (χ4n) is 3.55. The Kier molecular flexibility index (Phi) is 5.29. The van der Waals surface area contributed by atoms with Gasteiger partial charge in [-0.2, -0.15) is 5.10 Å². The lowest BCUT2D eigenvalue weighted by atomic mass is 10.0. The van der Waals surface area contributed by atoms with Crippen molar-refractivity contribution in [3.8, 4) is 11.3 Å². The van der Waals surface area contributed by atoms with Crippen LogP contribution in [0.3, 0.4) is 0 Å². The molecule has 0 spiro atoms. The predicted molar refractivity (Wildman–Crippen MR) is 100 cm³/mol. The number of fused-ring (bicyclic) bond motifs is 1. The van der Waals surface area contributed by atoms with E-state index in [4.69, 9.17) is 5.73 Å². The standard InChI is InChI=1S/C19H20F3N7O/c1-27-9-12(8-24-27)19-17-10-28(2-3-29(17)26-25-19)18(30)6-13(23)4-11-5-15(21)16(22)7-14(11)20/h5,7-9,13H,2-4,6,10,23H2,1H3/t13-/m1/s1. The van der Waals surface area contributed by atoms with Gasteiger partial charge in [-0.3, -0.25) is 9.48 Å². The summed E-state index contributed by atoms with van der Waals surface area (Å²) in [5.41, 5.74) is 8.20. The second-order valence-corrected chi connectivity index (χ2v) is 7.35. The molecule has 2 N–H and O–H groups in total. The first kappa shape index (κ1) is 20.1. The molecule has 1 aliphatic rings. The lowest BCUT2D eigenvalue weighted by Crippen LogP contribution is -2.41. The Bertz CT molecular complexity index is 1090. The van der Waals surface area contributed by atoms with E-state index in [0.717, 1.165) is 17.3 Å². The van der Waals surface area contributed by atoms with Gasteiger partial charge in [-0.05, 0) is 18.1 Å². The number of aryl methyl sites for hydroxylation is 1. The number of carbonyl (C=O) groups is 1. The summed E-state index contributed by atoms with van der Waals surface area (Å²) in [5, 5.41) is 12.5. The molecule has 0 saturated heterocycles. The average Bonchev–Trinajstić information content (AvgIpc) is 3.31. The maximum absolute atomic E-state index is 13.8. The van der Waals surface area contributed by atoms with Crippen molar-refractivity contribution < 1.29 is 18.0 Å². The molecule has 158 valence electrons. The number of benzene rings is 1. The summed E-state index contributed by atoms with van der Waals surface area (Å²) in [7, 11) is 1.80. The van der Waals surface area contributed by atoms with Crippen molar-refractivity contribution in [2.75, 3.05) is 6.54 Å². The normalized spacial score (nSPS) is 14.6. The Labute approximate surface area is 170 Å². The Morgan fingerprint density at radius 3 is 2.70 bits per heavy atom. The molecule has 4 rings (SSSR count). The van der Waals surface area contributed by atoms with Crippen LogP contribution in [-0.2, 0) is 31.4 Å². The second kappa shape index (κ2) is 7.90. The molecule has 0 bridgehead atoms. The van der Waals surface area contributed by atoms with Gasteiger partial charge in [0.05, 0.1) is 25.0 Å². The molecule has 0 fully saturated rings. The highest BCUT2D eigenvalue weighted by atomic mass is 19.2. The summed E-state index contributed by atoms with van der Waals surface area (Å²) in [5.74, 6) is -3.51. The molecule has 1 aliphatic heterocycles. The number of amides is 1. The van der Waals surface area contributed by atoms with E-state index in [2.05, 4.69) is 15.4 Å². The number of hydrogen-bond acceptors (Lipinski definition) is 5. The molecule has 8 nitrogen and oxygen atoms in total. The maximum Gasteiger partial charge on any atom is 0.224 e. The van der Waals surface area contributed by atoms with Crippen molar-refractivity contribution in [3.63, 3.8) is 0 Å². The molecule has 3 aromatic rings. The van der Waals surface area contributed by atoms with E-state index in [9.17, 15) is 18.0 Å². The van der Waals surface area contributed by atoms with Crippen molar-refractivity contribution in [1.82, 2.24) is 29.7 Å². The van der Waals surface area contributed by atoms with Crippen LogP contribution in [0.15, 0.2) is 24.5 Å². The van der Waals surface area contributed by atoms with Crippen molar-refractivity contribution in [1.29, 1.82) is 0 Å². The van der Waals surface area contributed by atoms with Gasteiger partial charge in [-0.25, -0.2) is 17.9 Å². The fraction of sp³-hybridized carbons (Fsp3) is 0.368. The van der Waals surface area contributed by atoms with Gasteiger partial charge >= 0.3 is 0 Å². The molecule has 11 heteroatoms. The third-order valence-electron chi connectivity index (χ3n) is 5.10. The Morgan fingerprint density at radius 2 is 1.97 bits per heavy atom. The zero-order valence-electron chi connectivity index (χ0n) is 16.2. The van der Waals surface area contributed by atoms with Crippen LogP contribution in [0.4, 0.5) is 13.2 Å². The summed E-state index contributed by atoms with van der Waals surface area (Å²) in [6, 6.07) is 0.526. The van der Waals surface area contributed by atoms with Crippen LogP contribution in [0.25, 0.3) is 11.3 Å². The van der Waals surface area contributed by atoms with Crippen molar-refractivity contribution in [2.45, 2.75) is 32.0 Å². The molecule has 30 heavy (non-hydrogen) atoms. The van der Waals surface area contributed by atoms with Gasteiger partial charge < -0.3 is 10.6 Å². The summed E-state index contributed by atoms with van der Waals surface area (Å²) >= 11 is 0. The molecular formula is C19H20F3N7O. The number of nitrogens with two attached hydrogens (primary N) is 1. The van der Waals surface area contributed by atoms with E-state index in [-0.39, 0.29) is 24.3 Å². The summed E-state index contributed by atoms with van der Waals surface area (Å²) in [4.78, 5) is 14.4. The SMILES string of the molecule is Cn1cc(-c2nnn3c2CN(C(=O)C[C@H](N)Cc2cc(F)c(F)cc2F)CC3)cn1. The highest BCUT2D eigenvalue weighted by molar-refractivity contribution is 5.77. The molecular weight excluding hydrogens is 399 g/mol. The van der Waals surface area contributed by atoms with Gasteiger partial charge in [0.1, 0.15) is 11.5 Å². The van der Waals surface area contributed by atoms with E-state index < -0.39 is 23.5 Å². The first-order valence-electron chi connectivity index (χ1n) is 9.40. The topological polar surface area (TPSA) is 94.9 Å². The first-order valence-corrected chi connectivity index (χ1v) is 9.40. The number of aromatic nitrogens is 5. The third kappa shape index (κ3) is 3.92. The lowest BCUT2D eigenvalue weighted by Gasteiger charge is -2.28. The largest absolute Gasteiger partial charge is 0.335 e. The lowest BCUT2D eigenvalue weighted by molar-refractivity contribution is -0.133. The molecule has 0 aliphatic carbocycles. The minimum Gasteiger partial charge on any atom is -0.335 e. The summed E-state index contributed by atoms with van der Waals surface area (Å²) in [6.07, 6.45) is 3.36. The van der Waals surface area contributed by atoms with Gasteiger partial charge in [0.15, 0.2) is 11.6 Å². The van der Waals surface area contributed by atoms with Crippen LogP contribution in [-0.4, -0.2) is 48.2 Å². The van der Waals surface area contributed by atoms with E-state index in [1.807, 2.05) is 6.20 Å². The third-order valence-corrected chi connectivity index (χ3v) is 5.10. The average molecular weight is 419 g/mol. The molecule has 1 aromatic carbocycles. The molecule has 2 aromatic heterocycles. The Morgan fingerprint density at radius 1 is 1.20 bits per heavy atom. The zero-order valence-corrected chi connectivity index (χ0v) is 16.2. The minimum absolute atomic E-state index is 0.0533. The zero-order chi connectivity index (χ0) is 21.4. The van der Waals surface area contributed by atoms with Crippen molar-refractivity contribution in [3.05, 3.63) is 53.2 Å². The van der Waals surface area contributed by atoms with Gasteiger partial charge in [-0.15, -0.1) is 5.10 Å². The Hall–Kier alpha value is -3.21. The van der Waals surface area contributed by atoms with Crippen LogP contribution >= 0.6 is 0 Å². The van der Waals surface area contributed by atoms with Gasteiger partial charge in [0.25, 0.3) is 0 Å². The quantitative estimate of drug-likeness (QED) is 0.631.